The number of carbonyl (C=O) groups excluding carboxylic acids is 2. The molecule has 2 rings (SSSR count). The van der Waals surface area contributed by atoms with Gasteiger partial charge in [0.25, 0.3) is 0 Å². The average molecular weight is 531 g/mol. The van der Waals surface area contributed by atoms with Crippen LogP contribution in [0.2, 0.25) is 5.02 Å². The van der Waals surface area contributed by atoms with Crippen molar-refractivity contribution in [3.05, 3.63) is 55.9 Å². The predicted molar refractivity (Wildman–Crippen MR) is 121 cm³/mol. The monoisotopic (exact) mass is 528 g/mol. The zero-order valence-corrected chi connectivity index (χ0v) is 19.2. The van der Waals surface area contributed by atoms with Gasteiger partial charge in [0, 0.05) is 28.2 Å². The van der Waals surface area contributed by atoms with E-state index in [1.807, 2.05) is 19.1 Å². The third kappa shape index (κ3) is 6.36. The Morgan fingerprint density at radius 2 is 1.93 bits per heavy atom. The molecule has 2 N–H and O–H groups in total. The van der Waals surface area contributed by atoms with Crippen LogP contribution in [0.15, 0.2) is 45.4 Å². The zero-order valence-electron chi connectivity index (χ0n) is 15.3. The highest BCUT2D eigenvalue weighted by Gasteiger charge is 2.09. The first-order chi connectivity index (χ1) is 13.3. The molecule has 0 aliphatic heterocycles. The minimum atomic E-state index is -0.364. The highest BCUT2D eigenvalue weighted by Crippen LogP contribution is 2.33. The predicted octanol–water partition coefficient (Wildman–Crippen LogP) is 6.26. The summed E-state index contributed by atoms with van der Waals surface area (Å²) in [6.07, 6.45) is 4.21. The van der Waals surface area contributed by atoms with Crippen molar-refractivity contribution in [2.24, 2.45) is 0 Å². The van der Waals surface area contributed by atoms with E-state index in [0.29, 0.717) is 28.6 Å². The normalized spacial score (nSPS) is 10.8. The van der Waals surface area contributed by atoms with Gasteiger partial charge in [0.1, 0.15) is 5.75 Å². The lowest BCUT2D eigenvalue weighted by Gasteiger charge is -2.10. The number of benzene rings is 2. The standard InChI is InChI=1S/C20H19Br2ClN2O3/c1-3-4-18(26)24-14-6-7-16(23)17(11-14)25-19(27)8-5-12-9-13(21)10-15(22)20(12)28-2/h5-11H,3-4H2,1-2H3,(H,24,26)(H,25,27)/b8-5+. The maximum absolute atomic E-state index is 12.3. The highest BCUT2D eigenvalue weighted by molar-refractivity contribution is 9.11. The molecule has 0 spiro atoms. The summed E-state index contributed by atoms with van der Waals surface area (Å²) in [4.78, 5) is 24.1. The van der Waals surface area contributed by atoms with E-state index in [1.54, 1.807) is 31.4 Å². The number of methoxy groups -OCH3 is 1. The van der Waals surface area contributed by atoms with Gasteiger partial charge >= 0.3 is 0 Å². The molecule has 0 aliphatic carbocycles. The molecule has 2 amide bonds. The number of anilines is 2. The molecule has 0 aliphatic rings. The molecule has 0 bridgehead atoms. The molecule has 0 atom stereocenters. The van der Waals surface area contributed by atoms with Gasteiger partial charge in [-0.3, -0.25) is 9.59 Å². The number of rotatable bonds is 7. The van der Waals surface area contributed by atoms with Crippen LogP contribution in [0.3, 0.4) is 0 Å². The smallest absolute Gasteiger partial charge is 0.248 e. The van der Waals surface area contributed by atoms with Crippen molar-refractivity contribution in [3.63, 3.8) is 0 Å². The summed E-state index contributed by atoms with van der Waals surface area (Å²) in [6, 6.07) is 8.62. The topological polar surface area (TPSA) is 67.4 Å². The lowest BCUT2D eigenvalue weighted by atomic mass is 10.2. The highest BCUT2D eigenvalue weighted by atomic mass is 79.9. The summed E-state index contributed by atoms with van der Waals surface area (Å²) in [5.41, 5.74) is 1.71. The van der Waals surface area contributed by atoms with Crippen LogP contribution in [0, 0.1) is 0 Å². The van der Waals surface area contributed by atoms with Crippen molar-refractivity contribution in [2.75, 3.05) is 17.7 Å². The number of halogens is 3. The third-order valence-corrected chi connectivity index (χ3v) is 5.02. The number of amides is 2. The molecule has 0 aromatic heterocycles. The van der Waals surface area contributed by atoms with Gasteiger partial charge in [0.05, 0.1) is 22.3 Å². The Kier molecular flexibility index (Phi) is 8.54. The van der Waals surface area contributed by atoms with E-state index >= 15 is 0 Å². The number of carbonyl (C=O) groups is 2. The van der Waals surface area contributed by atoms with E-state index in [2.05, 4.69) is 42.5 Å². The molecule has 0 unspecified atom stereocenters. The molecule has 28 heavy (non-hydrogen) atoms. The van der Waals surface area contributed by atoms with Gasteiger partial charge < -0.3 is 15.4 Å². The Morgan fingerprint density at radius 3 is 2.61 bits per heavy atom. The number of hydrogen-bond donors (Lipinski definition) is 2. The second-order valence-electron chi connectivity index (χ2n) is 5.83. The first kappa shape index (κ1) is 22.5. The molecule has 2 aromatic carbocycles. The molecule has 0 heterocycles. The van der Waals surface area contributed by atoms with Crippen LogP contribution in [0.4, 0.5) is 11.4 Å². The minimum absolute atomic E-state index is 0.0886. The maximum Gasteiger partial charge on any atom is 0.248 e. The Bertz CT molecular complexity index is 917. The summed E-state index contributed by atoms with van der Waals surface area (Å²) in [6.45, 7) is 1.93. The van der Waals surface area contributed by atoms with Crippen molar-refractivity contribution in [1.29, 1.82) is 0 Å². The molecular formula is C20H19Br2ClN2O3. The number of ether oxygens (including phenoxy) is 1. The molecule has 0 fully saturated rings. The number of nitrogens with one attached hydrogen (secondary N) is 2. The Hall–Kier alpha value is -1.83. The number of hydrogen-bond acceptors (Lipinski definition) is 3. The molecular weight excluding hydrogens is 511 g/mol. The second kappa shape index (κ2) is 10.6. The lowest BCUT2D eigenvalue weighted by molar-refractivity contribution is -0.116. The van der Waals surface area contributed by atoms with Gasteiger partial charge in [-0.2, -0.15) is 0 Å². The fraction of sp³-hybridized carbons (Fsp3) is 0.200. The summed E-state index contributed by atoms with van der Waals surface area (Å²) < 4.78 is 6.97. The van der Waals surface area contributed by atoms with Crippen molar-refractivity contribution < 1.29 is 14.3 Å². The average Bonchev–Trinajstić information content (AvgIpc) is 2.62. The molecule has 2 aromatic rings. The van der Waals surface area contributed by atoms with Crippen molar-refractivity contribution in [1.82, 2.24) is 0 Å². The van der Waals surface area contributed by atoms with Crippen molar-refractivity contribution >= 4 is 72.7 Å². The van der Waals surface area contributed by atoms with Gasteiger partial charge in [-0.1, -0.05) is 34.5 Å². The Balaban J connectivity index is 2.15. The van der Waals surface area contributed by atoms with Crippen LogP contribution in [-0.2, 0) is 9.59 Å². The fourth-order valence-electron chi connectivity index (χ4n) is 2.41. The van der Waals surface area contributed by atoms with Crippen LogP contribution in [0.25, 0.3) is 6.08 Å². The quantitative estimate of drug-likeness (QED) is 0.415. The van der Waals surface area contributed by atoms with Gasteiger partial charge in [0.2, 0.25) is 11.8 Å². The van der Waals surface area contributed by atoms with Gasteiger partial charge in [-0.15, -0.1) is 0 Å². The first-order valence-electron chi connectivity index (χ1n) is 8.45. The largest absolute Gasteiger partial charge is 0.495 e. The summed E-state index contributed by atoms with van der Waals surface area (Å²) in [5.74, 6) is 0.164. The van der Waals surface area contributed by atoms with E-state index in [1.165, 1.54) is 6.08 Å². The minimum Gasteiger partial charge on any atom is -0.495 e. The molecule has 8 heteroatoms. The van der Waals surface area contributed by atoms with Crippen molar-refractivity contribution in [3.8, 4) is 5.75 Å². The van der Waals surface area contributed by atoms with Crippen LogP contribution >= 0.6 is 43.5 Å². The SMILES string of the molecule is CCCC(=O)Nc1ccc(Cl)c(NC(=O)/C=C/c2cc(Br)cc(Br)c2OC)c1. The first-order valence-corrected chi connectivity index (χ1v) is 10.4. The fourth-order valence-corrected chi connectivity index (χ4v) is 3.99. The summed E-state index contributed by atoms with van der Waals surface area (Å²) >= 11 is 13.0. The van der Waals surface area contributed by atoms with Crippen molar-refractivity contribution in [2.45, 2.75) is 19.8 Å². The van der Waals surface area contributed by atoms with E-state index in [4.69, 9.17) is 16.3 Å². The van der Waals surface area contributed by atoms with Gasteiger partial charge in [-0.25, -0.2) is 0 Å². The van der Waals surface area contributed by atoms with E-state index in [9.17, 15) is 9.59 Å². The molecule has 0 radical (unpaired) electrons. The van der Waals surface area contributed by atoms with Gasteiger partial charge in [-0.05, 0) is 58.8 Å². The van der Waals surface area contributed by atoms with Crippen LogP contribution in [0.5, 0.6) is 5.75 Å². The van der Waals surface area contributed by atoms with E-state index < -0.39 is 0 Å². The Labute approximate surface area is 185 Å². The zero-order chi connectivity index (χ0) is 20.7. The van der Waals surface area contributed by atoms with Crippen LogP contribution in [0.1, 0.15) is 25.3 Å². The maximum atomic E-state index is 12.3. The molecule has 0 saturated heterocycles. The Morgan fingerprint density at radius 1 is 1.18 bits per heavy atom. The van der Waals surface area contributed by atoms with Crippen LogP contribution in [-0.4, -0.2) is 18.9 Å². The summed E-state index contributed by atoms with van der Waals surface area (Å²) in [7, 11) is 1.56. The molecule has 0 saturated carbocycles. The molecule has 148 valence electrons. The molecule has 5 nitrogen and oxygen atoms in total. The second-order valence-corrected chi connectivity index (χ2v) is 8.00. The summed E-state index contributed by atoms with van der Waals surface area (Å²) in [5, 5.41) is 5.87. The van der Waals surface area contributed by atoms with Crippen LogP contribution < -0.4 is 15.4 Å². The van der Waals surface area contributed by atoms with Gasteiger partial charge in [0.15, 0.2) is 0 Å². The lowest BCUT2D eigenvalue weighted by Crippen LogP contribution is -2.12. The van der Waals surface area contributed by atoms with E-state index in [0.717, 1.165) is 20.9 Å². The van der Waals surface area contributed by atoms with E-state index in [-0.39, 0.29) is 11.8 Å². The third-order valence-electron chi connectivity index (χ3n) is 3.64.